The summed E-state index contributed by atoms with van der Waals surface area (Å²) in [4.78, 5) is 14.9. The Bertz CT molecular complexity index is 1310. The van der Waals surface area contributed by atoms with E-state index in [2.05, 4.69) is 15.0 Å². The van der Waals surface area contributed by atoms with Crippen molar-refractivity contribution in [2.75, 3.05) is 5.73 Å². The first-order valence-corrected chi connectivity index (χ1v) is 9.86. The van der Waals surface area contributed by atoms with E-state index in [-0.39, 0.29) is 5.82 Å². The average molecular weight is 401 g/mol. The van der Waals surface area contributed by atoms with Gasteiger partial charge in [-0.15, -0.1) is 11.3 Å². The number of rotatable bonds is 4. The maximum Gasteiger partial charge on any atom is 0.135 e. The zero-order valence-electron chi connectivity index (χ0n) is 15.3. The van der Waals surface area contributed by atoms with Gasteiger partial charge < -0.3 is 10.3 Å². The molecule has 0 unspecified atom stereocenters. The number of nitrogen functional groups attached to an aromatic ring is 1. The molecule has 0 aliphatic heterocycles. The molecule has 0 saturated heterocycles. The maximum atomic E-state index is 13.7. The Kier molecular flexibility index (Phi) is 4.29. The highest BCUT2D eigenvalue weighted by atomic mass is 32.1. The molecule has 0 saturated carbocycles. The van der Waals surface area contributed by atoms with Crippen molar-refractivity contribution in [1.82, 2.24) is 19.5 Å². The fourth-order valence-electron chi connectivity index (χ4n) is 3.39. The Morgan fingerprint density at radius 2 is 1.83 bits per heavy atom. The summed E-state index contributed by atoms with van der Waals surface area (Å²) in [5.41, 5.74) is 9.73. The minimum atomic E-state index is -0.252. The molecule has 0 atom stereocenters. The Morgan fingerprint density at radius 3 is 2.62 bits per heavy atom. The summed E-state index contributed by atoms with van der Waals surface area (Å²) < 4.78 is 15.7. The van der Waals surface area contributed by atoms with Crippen LogP contribution in [0.1, 0.15) is 5.56 Å². The lowest BCUT2D eigenvalue weighted by atomic mass is 10.1. The monoisotopic (exact) mass is 401 g/mol. The number of fused-ring (bicyclic) bond motifs is 1. The third kappa shape index (κ3) is 3.25. The lowest BCUT2D eigenvalue weighted by molar-refractivity contribution is 0.623. The molecular weight excluding hydrogens is 385 g/mol. The van der Waals surface area contributed by atoms with Gasteiger partial charge in [-0.3, -0.25) is 0 Å². The fraction of sp³-hybridized carbons (Fsp3) is 0.0455. The predicted molar refractivity (Wildman–Crippen MR) is 114 cm³/mol. The van der Waals surface area contributed by atoms with Crippen LogP contribution in [-0.4, -0.2) is 19.5 Å². The molecule has 142 valence electrons. The lowest BCUT2D eigenvalue weighted by Crippen LogP contribution is -2.00. The summed E-state index contributed by atoms with van der Waals surface area (Å²) in [5, 5.41) is 0.824. The van der Waals surface area contributed by atoms with Gasteiger partial charge in [-0.25, -0.2) is 19.3 Å². The molecule has 2 N–H and O–H groups in total. The normalized spacial score (nSPS) is 11.2. The van der Waals surface area contributed by atoms with Crippen molar-refractivity contribution < 1.29 is 4.39 Å². The van der Waals surface area contributed by atoms with Gasteiger partial charge in [0.05, 0.1) is 28.0 Å². The summed E-state index contributed by atoms with van der Waals surface area (Å²) in [5.74, 6) is 0.201. The van der Waals surface area contributed by atoms with Gasteiger partial charge in [0.15, 0.2) is 0 Å². The molecule has 3 aromatic heterocycles. The molecule has 29 heavy (non-hydrogen) atoms. The molecule has 0 amide bonds. The van der Waals surface area contributed by atoms with Gasteiger partial charge in [-0.1, -0.05) is 42.5 Å². The van der Waals surface area contributed by atoms with Crippen LogP contribution in [0.5, 0.6) is 0 Å². The summed E-state index contributed by atoms with van der Waals surface area (Å²) in [6.07, 6.45) is 3.27. The Labute approximate surface area is 170 Å². The second-order valence-electron chi connectivity index (χ2n) is 6.65. The third-order valence-corrected chi connectivity index (χ3v) is 5.77. The largest absolute Gasteiger partial charge is 0.383 e. The van der Waals surface area contributed by atoms with E-state index in [0.717, 1.165) is 37.6 Å². The van der Waals surface area contributed by atoms with Crippen molar-refractivity contribution in [3.05, 3.63) is 84.7 Å². The summed E-state index contributed by atoms with van der Waals surface area (Å²) >= 11 is 1.54. The molecule has 0 fully saturated rings. The third-order valence-electron chi connectivity index (χ3n) is 4.72. The molecule has 0 aliphatic rings. The van der Waals surface area contributed by atoms with Gasteiger partial charge in [0.1, 0.15) is 22.8 Å². The first-order valence-electron chi connectivity index (χ1n) is 9.04. The van der Waals surface area contributed by atoms with E-state index in [4.69, 9.17) is 5.73 Å². The molecule has 2 aromatic carbocycles. The topological polar surface area (TPSA) is 69.6 Å². The van der Waals surface area contributed by atoms with Crippen molar-refractivity contribution in [3.63, 3.8) is 0 Å². The second kappa shape index (κ2) is 7.10. The number of thiophene rings is 1. The van der Waals surface area contributed by atoms with Crippen LogP contribution in [0.2, 0.25) is 0 Å². The lowest BCUT2D eigenvalue weighted by Gasteiger charge is -2.09. The molecule has 0 bridgehead atoms. The van der Waals surface area contributed by atoms with E-state index < -0.39 is 0 Å². The van der Waals surface area contributed by atoms with Gasteiger partial charge in [0, 0.05) is 12.1 Å². The predicted octanol–water partition coefficient (Wildman–Crippen LogP) is 4.99. The SMILES string of the molecule is Nc1ncnc2sc(-c3c(-c4ccccc4)ncn3Cc3cccc(F)c3)cc12. The van der Waals surface area contributed by atoms with Crippen molar-refractivity contribution in [3.8, 4) is 21.8 Å². The van der Waals surface area contributed by atoms with Crippen molar-refractivity contribution >= 4 is 27.4 Å². The summed E-state index contributed by atoms with van der Waals surface area (Å²) in [7, 11) is 0. The van der Waals surface area contributed by atoms with E-state index in [1.54, 1.807) is 18.5 Å². The molecule has 3 heterocycles. The van der Waals surface area contributed by atoms with Crippen LogP contribution in [0.4, 0.5) is 10.2 Å². The van der Waals surface area contributed by atoms with Gasteiger partial charge in [-0.05, 0) is 23.8 Å². The van der Waals surface area contributed by atoms with Crippen molar-refractivity contribution in [2.24, 2.45) is 0 Å². The molecule has 7 heteroatoms. The van der Waals surface area contributed by atoms with E-state index >= 15 is 0 Å². The van der Waals surface area contributed by atoms with Crippen molar-refractivity contribution in [2.45, 2.75) is 6.54 Å². The van der Waals surface area contributed by atoms with Gasteiger partial charge in [0.2, 0.25) is 0 Å². The number of anilines is 1. The van der Waals surface area contributed by atoms with Crippen LogP contribution in [-0.2, 0) is 6.54 Å². The number of nitrogens with zero attached hydrogens (tertiary/aromatic N) is 4. The minimum Gasteiger partial charge on any atom is -0.383 e. The molecule has 5 aromatic rings. The smallest absolute Gasteiger partial charge is 0.135 e. The first kappa shape index (κ1) is 17.5. The summed E-state index contributed by atoms with van der Waals surface area (Å²) in [6.45, 7) is 0.502. The highest BCUT2D eigenvalue weighted by Crippen LogP contribution is 2.39. The number of halogens is 1. The molecule has 5 nitrogen and oxygen atoms in total. The van der Waals surface area contributed by atoms with E-state index in [1.807, 2.05) is 47.0 Å². The van der Waals surface area contributed by atoms with E-state index in [0.29, 0.717) is 12.4 Å². The Balaban J connectivity index is 1.69. The summed E-state index contributed by atoms with van der Waals surface area (Å²) in [6, 6.07) is 18.6. The first-order chi connectivity index (χ1) is 14.2. The molecule has 5 rings (SSSR count). The van der Waals surface area contributed by atoms with Crippen LogP contribution in [0.25, 0.3) is 32.0 Å². The molecular formula is C22H16FN5S. The van der Waals surface area contributed by atoms with E-state index in [9.17, 15) is 4.39 Å². The number of imidazole rings is 1. The van der Waals surface area contributed by atoms with Gasteiger partial charge in [0.25, 0.3) is 0 Å². The van der Waals surface area contributed by atoms with Crippen LogP contribution in [0.15, 0.2) is 73.3 Å². The number of hydrogen-bond donors (Lipinski definition) is 1. The average Bonchev–Trinajstić information content (AvgIpc) is 3.33. The van der Waals surface area contributed by atoms with Crippen LogP contribution >= 0.6 is 11.3 Å². The number of aromatic nitrogens is 4. The maximum absolute atomic E-state index is 13.7. The molecule has 0 radical (unpaired) electrons. The Morgan fingerprint density at radius 1 is 0.966 bits per heavy atom. The van der Waals surface area contributed by atoms with Crippen LogP contribution in [0, 0.1) is 5.82 Å². The van der Waals surface area contributed by atoms with Gasteiger partial charge >= 0.3 is 0 Å². The van der Waals surface area contributed by atoms with Crippen LogP contribution in [0.3, 0.4) is 0 Å². The number of benzene rings is 2. The highest BCUT2D eigenvalue weighted by Gasteiger charge is 2.19. The molecule has 0 spiro atoms. The molecule has 0 aliphatic carbocycles. The van der Waals surface area contributed by atoms with Crippen LogP contribution < -0.4 is 5.73 Å². The highest BCUT2D eigenvalue weighted by molar-refractivity contribution is 7.21. The zero-order valence-corrected chi connectivity index (χ0v) is 16.1. The minimum absolute atomic E-state index is 0.252. The number of nitrogens with two attached hydrogens (primary N) is 1. The zero-order chi connectivity index (χ0) is 19.8. The fourth-order valence-corrected chi connectivity index (χ4v) is 4.46. The quantitative estimate of drug-likeness (QED) is 0.460. The number of hydrogen-bond acceptors (Lipinski definition) is 5. The Hall–Kier alpha value is -3.58. The van der Waals surface area contributed by atoms with Crippen molar-refractivity contribution in [1.29, 1.82) is 0 Å². The second-order valence-corrected chi connectivity index (χ2v) is 7.68. The van der Waals surface area contributed by atoms with Gasteiger partial charge in [-0.2, -0.15) is 0 Å². The van der Waals surface area contributed by atoms with E-state index in [1.165, 1.54) is 23.7 Å². The standard InChI is InChI=1S/C22H16FN5S/c23-16-8-4-5-14(9-16)11-28-13-27-19(15-6-2-1-3-7-15)20(28)18-10-17-21(24)25-12-26-22(17)29-18/h1-10,12-13H,11H2,(H2,24,25,26).